The number of ether oxygens (including phenoxy) is 1. The molecule has 2 aromatic heterocycles. The van der Waals surface area contributed by atoms with E-state index in [0.717, 1.165) is 0 Å². The highest BCUT2D eigenvalue weighted by Crippen LogP contribution is 2.57. The predicted molar refractivity (Wildman–Crippen MR) is 88.1 cm³/mol. The van der Waals surface area contributed by atoms with Gasteiger partial charge in [0.15, 0.2) is 17.7 Å². The first-order valence-corrected chi connectivity index (χ1v) is 10.4. The van der Waals surface area contributed by atoms with Gasteiger partial charge in [0.25, 0.3) is 0 Å². The highest BCUT2D eigenvalue weighted by atomic mass is 31.3. The largest absolute Gasteiger partial charge is 0.474 e. The van der Waals surface area contributed by atoms with Crippen molar-refractivity contribution in [1.29, 1.82) is 0 Å². The maximum Gasteiger partial charge on any atom is 0.474 e. The van der Waals surface area contributed by atoms with Gasteiger partial charge in [-0.05, 0) is 0 Å². The van der Waals surface area contributed by atoms with E-state index in [-0.39, 0.29) is 17.0 Å². The van der Waals surface area contributed by atoms with Gasteiger partial charge in [-0.3, -0.25) is 4.57 Å². The minimum atomic E-state index is -5.16. The highest BCUT2D eigenvalue weighted by molar-refractivity contribution is 7.83. The molecule has 5 atom stereocenters. The summed E-state index contributed by atoms with van der Waals surface area (Å²) in [5.41, 5.74) is 6.17. The molecular formula is C10H14BN5O9P2-. The fourth-order valence-electron chi connectivity index (χ4n) is 2.50. The van der Waals surface area contributed by atoms with Crippen molar-refractivity contribution in [1.82, 2.24) is 19.5 Å². The van der Waals surface area contributed by atoms with Crippen LogP contribution >= 0.6 is 15.3 Å². The van der Waals surface area contributed by atoms with Gasteiger partial charge < -0.3 is 47.1 Å². The summed E-state index contributed by atoms with van der Waals surface area (Å²) in [5, 5.41) is 20.3. The normalized spacial score (nSPS) is 28.5. The number of hydrogen-bond acceptors (Lipinski definition) is 11. The lowest BCUT2D eigenvalue weighted by molar-refractivity contribution is -0.0479. The van der Waals surface area contributed by atoms with Crippen molar-refractivity contribution in [3.8, 4) is 0 Å². The zero-order valence-electron chi connectivity index (χ0n) is 13.3. The summed E-state index contributed by atoms with van der Waals surface area (Å²) in [6, 6.07) is 0. The maximum atomic E-state index is 11.7. The Kier molecular flexibility index (Phi) is 5.43. The lowest BCUT2D eigenvalue weighted by atomic mass is 10.1. The van der Waals surface area contributed by atoms with Crippen molar-refractivity contribution in [2.75, 3.05) is 12.3 Å². The summed E-state index contributed by atoms with van der Waals surface area (Å²) in [5.74, 6) is 0.102. The lowest BCUT2D eigenvalue weighted by Gasteiger charge is -2.28. The van der Waals surface area contributed by atoms with Crippen LogP contribution in [0, 0.1) is 0 Å². The molecule has 0 amide bonds. The van der Waals surface area contributed by atoms with E-state index in [4.69, 9.17) is 27.8 Å². The van der Waals surface area contributed by atoms with Gasteiger partial charge >= 0.3 is 7.82 Å². The number of aliphatic hydroxyl groups is 2. The predicted octanol–water partition coefficient (Wildman–Crippen LogP) is -1.57. The molecule has 0 aromatic carbocycles. The molecule has 1 saturated heterocycles. The van der Waals surface area contributed by atoms with Gasteiger partial charge in [-0.2, -0.15) is 0 Å². The Hall–Kier alpha value is -1.41. The number of aromatic nitrogens is 4. The second-order valence-electron chi connectivity index (χ2n) is 5.54. The molecule has 3 radical (unpaired) electrons. The Morgan fingerprint density at radius 3 is 2.63 bits per heavy atom. The summed E-state index contributed by atoms with van der Waals surface area (Å²) < 4.78 is 37.7. The average Bonchev–Trinajstić information content (AvgIpc) is 3.07. The lowest BCUT2D eigenvalue weighted by Crippen LogP contribution is -2.33. The Labute approximate surface area is 152 Å². The van der Waals surface area contributed by atoms with E-state index in [1.54, 1.807) is 0 Å². The highest BCUT2D eigenvalue weighted by Gasteiger charge is 2.44. The molecule has 14 nitrogen and oxygen atoms in total. The zero-order chi connectivity index (χ0) is 20.0. The van der Waals surface area contributed by atoms with Crippen molar-refractivity contribution >= 4 is 39.8 Å². The second-order valence-corrected chi connectivity index (χ2v) is 8.51. The molecule has 1 aliphatic heterocycles. The third kappa shape index (κ3) is 4.37. The fraction of sp³-hybridized carbons (Fsp3) is 0.500. The molecule has 0 bridgehead atoms. The molecule has 27 heavy (non-hydrogen) atoms. The topological polar surface area (TPSA) is 212 Å². The number of nitrogens with zero attached hydrogens (tertiary/aromatic N) is 4. The Morgan fingerprint density at radius 1 is 1.26 bits per heavy atom. The average molecular weight is 421 g/mol. The Morgan fingerprint density at radius 2 is 1.96 bits per heavy atom. The molecule has 1 fully saturated rings. The van der Waals surface area contributed by atoms with E-state index < -0.39 is 46.4 Å². The molecule has 0 aliphatic carbocycles. The number of rotatable bonds is 6. The van der Waals surface area contributed by atoms with Crippen LogP contribution in [0.25, 0.3) is 11.2 Å². The molecule has 0 saturated carbocycles. The van der Waals surface area contributed by atoms with Crippen LogP contribution in [-0.2, 0) is 22.7 Å². The number of phosphoric acid groups is 1. The van der Waals surface area contributed by atoms with E-state index in [9.17, 15) is 19.3 Å². The molecule has 2 aromatic rings. The molecule has 3 heterocycles. The van der Waals surface area contributed by atoms with Crippen molar-refractivity contribution in [3.63, 3.8) is 0 Å². The van der Waals surface area contributed by atoms with E-state index in [1.807, 2.05) is 0 Å². The molecule has 1 aliphatic rings. The summed E-state index contributed by atoms with van der Waals surface area (Å²) in [6.45, 7) is -0.688. The van der Waals surface area contributed by atoms with Crippen LogP contribution in [0.4, 0.5) is 5.82 Å². The van der Waals surface area contributed by atoms with Crippen LogP contribution in [0.5, 0.6) is 0 Å². The quantitative estimate of drug-likeness (QED) is 0.264. The van der Waals surface area contributed by atoms with Crippen molar-refractivity contribution in [3.05, 3.63) is 12.7 Å². The first kappa shape index (κ1) is 20.3. The number of nitrogens with two attached hydrogens (primary N) is 1. The second kappa shape index (κ2) is 7.20. The van der Waals surface area contributed by atoms with Gasteiger partial charge in [-0.25, -0.2) is 23.8 Å². The van der Waals surface area contributed by atoms with Crippen LogP contribution in [0.15, 0.2) is 12.7 Å². The molecule has 17 heteroatoms. The Bertz CT molecular complexity index is 937. The maximum absolute atomic E-state index is 11.7. The van der Waals surface area contributed by atoms with Crippen LogP contribution < -0.4 is 5.73 Å². The number of fused-ring (bicyclic) bond motifs is 1. The first-order chi connectivity index (χ1) is 12.5. The third-order valence-corrected chi connectivity index (χ3v) is 5.91. The summed E-state index contributed by atoms with van der Waals surface area (Å²) >= 11 is 0. The minimum absolute atomic E-state index is 0.102. The SMILES string of the molecule is [B-][P@](=O)(OC[C@H]1O[C@@H](n2cnc3c(N)ncnc32)[C@H](O)[C@@H]1O)OP(=O)(O)O. The molecule has 0 unspecified atom stereocenters. The van der Waals surface area contributed by atoms with Crippen molar-refractivity contribution in [2.24, 2.45) is 0 Å². The Balaban J connectivity index is 1.75. The third-order valence-electron chi connectivity index (χ3n) is 3.64. The van der Waals surface area contributed by atoms with E-state index in [1.165, 1.54) is 17.2 Å². The number of aliphatic hydroxyl groups excluding tert-OH is 2. The molecule has 3 rings (SSSR count). The number of imidazole rings is 1. The van der Waals surface area contributed by atoms with Crippen LogP contribution in [0.3, 0.4) is 0 Å². The zero-order valence-corrected chi connectivity index (χ0v) is 15.1. The molecule has 0 spiro atoms. The van der Waals surface area contributed by atoms with Gasteiger partial charge in [0.1, 0.15) is 30.2 Å². The standard InChI is InChI=1S/C10H14BN5O9P2/c11-26(19,25-27(20,21)22)23-1-4-6(17)7(18)10(24-4)16-3-15-5-8(12)13-2-14-9(5)16/h2-4,6-7,10,17-18H,1H2,(H2,12,13,14)(H2,20,21,22)/q-1/t4-,6-,7-,10-,26+/m1/s1. The molecular weight excluding hydrogens is 407 g/mol. The number of hydrogen-bond donors (Lipinski definition) is 5. The molecule has 147 valence electrons. The van der Waals surface area contributed by atoms with Crippen LogP contribution in [-0.4, -0.2) is 72.0 Å². The van der Waals surface area contributed by atoms with Crippen molar-refractivity contribution < 1.29 is 42.7 Å². The first-order valence-electron chi connectivity index (χ1n) is 7.23. The number of anilines is 1. The van der Waals surface area contributed by atoms with E-state index in [2.05, 4.69) is 23.8 Å². The fourth-order valence-corrected chi connectivity index (χ4v) is 4.23. The van der Waals surface area contributed by atoms with E-state index in [0.29, 0.717) is 0 Å². The van der Waals surface area contributed by atoms with E-state index >= 15 is 0 Å². The van der Waals surface area contributed by atoms with Gasteiger partial charge in [0, 0.05) is 0 Å². The van der Waals surface area contributed by atoms with Crippen LogP contribution in [0.1, 0.15) is 6.23 Å². The monoisotopic (exact) mass is 421 g/mol. The van der Waals surface area contributed by atoms with Crippen LogP contribution in [0.2, 0.25) is 0 Å². The molecule has 6 N–H and O–H groups in total. The van der Waals surface area contributed by atoms with Gasteiger partial charge in [-0.15, -0.1) is 0 Å². The summed E-state index contributed by atoms with van der Waals surface area (Å²) in [4.78, 5) is 29.0. The van der Waals surface area contributed by atoms with Crippen molar-refractivity contribution in [2.45, 2.75) is 24.5 Å². The minimum Gasteiger partial charge on any atom is -0.443 e. The van der Waals surface area contributed by atoms with Gasteiger partial charge in [0.05, 0.1) is 20.4 Å². The van der Waals surface area contributed by atoms with Gasteiger partial charge in [0.2, 0.25) is 0 Å². The number of nitrogen functional groups attached to an aromatic ring is 1. The summed E-state index contributed by atoms with van der Waals surface area (Å²) in [7, 11) is -4.74. The summed E-state index contributed by atoms with van der Waals surface area (Å²) in [6.07, 6.45) is -2.94. The smallest absolute Gasteiger partial charge is 0.443 e. The van der Waals surface area contributed by atoms with Gasteiger partial charge in [-0.1, -0.05) is 0 Å².